The number of rotatable bonds is 0. The second-order valence-electron chi connectivity index (χ2n) is 4.38. The van der Waals surface area contributed by atoms with Crippen LogP contribution in [0.1, 0.15) is 25.7 Å². The highest BCUT2D eigenvalue weighted by Crippen LogP contribution is 2.60. The predicted molar refractivity (Wildman–Crippen MR) is 38.4 cm³/mol. The largest absolute Gasteiger partial charge is 0.393 e. The fraction of sp³-hybridized carbons (Fsp3) is 1.00. The van der Waals surface area contributed by atoms with E-state index in [1.807, 2.05) is 0 Å². The molecule has 1 nitrogen and oxygen atoms in total. The summed E-state index contributed by atoms with van der Waals surface area (Å²) < 4.78 is 0. The molecule has 56 valence electrons. The van der Waals surface area contributed by atoms with Gasteiger partial charge in [0.25, 0.3) is 0 Å². The molecule has 0 aromatic rings. The minimum absolute atomic E-state index is 0.0937. The van der Waals surface area contributed by atoms with Crippen molar-refractivity contribution in [3.8, 4) is 0 Å². The highest BCUT2D eigenvalue weighted by Gasteiger charge is 2.56. The molecule has 0 heterocycles. The van der Waals surface area contributed by atoms with Gasteiger partial charge in [0.15, 0.2) is 0 Å². The summed E-state index contributed by atoms with van der Waals surface area (Å²) in [5.74, 6) is 3.54. The molecule has 1 heteroatoms. The summed E-state index contributed by atoms with van der Waals surface area (Å²) in [5, 5.41) is 9.60. The van der Waals surface area contributed by atoms with Crippen molar-refractivity contribution in [1.82, 2.24) is 0 Å². The van der Waals surface area contributed by atoms with E-state index in [1.165, 1.54) is 19.3 Å². The van der Waals surface area contributed by atoms with Crippen LogP contribution in [0.2, 0.25) is 0 Å². The number of hydrogen-bond acceptors (Lipinski definition) is 1. The van der Waals surface area contributed by atoms with E-state index < -0.39 is 0 Å². The zero-order valence-electron chi connectivity index (χ0n) is 6.16. The Morgan fingerprint density at radius 3 is 2.50 bits per heavy atom. The van der Waals surface area contributed by atoms with E-state index in [2.05, 4.69) is 0 Å². The minimum Gasteiger partial charge on any atom is -0.393 e. The fourth-order valence-electron chi connectivity index (χ4n) is 3.87. The lowest BCUT2D eigenvalue weighted by atomic mass is 9.85. The predicted octanol–water partition coefficient (Wildman–Crippen LogP) is 1.41. The van der Waals surface area contributed by atoms with Crippen molar-refractivity contribution in [3.63, 3.8) is 0 Å². The molecule has 0 aliphatic heterocycles. The molecule has 0 aromatic carbocycles. The van der Waals surface area contributed by atoms with Crippen molar-refractivity contribution in [2.75, 3.05) is 0 Å². The third kappa shape index (κ3) is 0.460. The third-order valence-corrected chi connectivity index (χ3v) is 4.11. The van der Waals surface area contributed by atoms with Crippen LogP contribution in [-0.2, 0) is 0 Å². The zero-order valence-corrected chi connectivity index (χ0v) is 6.16. The molecule has 10 heavy (non-hydrogen) atoms. The van der Waals surface area contributed by atoms with Gasteiger partial charge in [0.05, 0.1) is 6.10 Å². The molecule has 3 fully saturated rings. The van der Waals surface area contributed by atoms with E-state index >= 15 is 0 Å². The Balaban J connectivity index is 1.99. The first-order chi connectivity index (χ1) is 4.86. The van der Waals surface area contributed by atoms with Gasteiger partial charge >= 0.3 is 0 Å². The lowest BCUT2D eigenvalue weighted by molar-refractivity contribution is 0.0856. The lowest BCUT2D eigenvalue weighted by Gasteiger charge is -2.23. The van der Waals surface area contributed by atoms with Crippen molar-refractivity contribution in [1.29, 1.82) is 0 Å². The van der Waals surface area contributed by atoms with Crippen molar-refractivity contribution in [3.05, 3.63) is 0 Å². The summed E-state index contributed by atoms with van der Waals surface area (Å²) in [7, 11) is 0. The standard InChI is InChI=1S/C9H14O/c10-8-4-6-3-5-1-2-7(6)9(5)8/h5-10H,1-4H2/t5-,6+,7?,8+,9+/m0/s1. The molecular weight excluding hydrogens is 124 g/mol. The average Bonchev–Trinajstić information content (AvgIpc) is 2.49. The van der Waals surface area contributed by atoms with E-state index in [9.17, 15) is 5.11 Å². The SMILES string of the molecule is O[C@@H]1C[C@H]2C[C@@H]3CCC2[C@@H]31. The summed E-state index contributed by atoms with van der Waals surface area (Å²) in [6, 6.07) is 0. The van der Waals surface area contributed by atoms with Gasteiger partial charge in [-0.15, -0.1) is 0 Å². The lowest BCUT2D eigenvalue weighted by Crippen LogP contribution is -2.22. The molecule has 3 aliphatic rings. The Labute approximate surface area is 61.4 Å². The van der Waals surface area contributed by atoms with Crippen molar-refractivity contribution >= 4 is 0 Å². The smallest absolute Gasteiger partial charge is 0.0576 e. The molecule has 0 spiro atoms. The summed E-state index contributed by atoms with van der Waals surface area (Å²) in [6.45, 7) is 0. The molecule has 0 radical (unpaired) electrons. The van der Waals surface area contributed by atoms with Crippen LogP contribution >= 0.6 is 0 Å². The third-order valence-electron chi connectivity index (χ3n) is 4.11. The van der Waals surface area contributed by atoms with Crippen LogP contribution in [0.4, 0.5) is 0 Å². The van der Waals surface area contributed by atoms with Gasteiger partial charge in [-0.3, -0.25) is 0 Å². The number of aliphatic hydroxyl groups excluding tert-OH is 1. The normalized spacial score (nSPS) is 63.9. The summed E-state index contributed by atoms with van der Waals surface area (Å²) >= 11 is 0. The first-order valence-corrected chi connectivity index (χ1v) is 4.54. The highest BCUT2D eigenvalue weighted by molar-refractivity contribution is 5.05. The maximum absolute atomic E-state index is 9.60. The van der Waals surface area contributed by atoms with Crippen LogP contribution in [0.25, 0.3) is 0 Å². The summed E-state index contributed by atoms with van der Waals surface area (Å²) in [6.07, 6.45) is 5.52. The van der Waals surface area contributed by atoms with Crippen LogP contribution in [0.3, 0.4) is 0 Å². The molecule has 4 bridgehead atoms. The molecule has 1 unspecified atom stereocenters. The second-order valence-corrected chi connectivity index (χ2v) is 4.38. The van der Waals surface area contributed by atoms with E-state index in [-0.39, 0.29) is 6.10 Å². The van der Waals surface area contributed by atoms with Crippen LogP contribution in [0, 0.1) is 23.7 Å². The van der Waals surface area contributed by atoms with Crippen molar-refractivity contribution in [2.24, 2.45) is 23.7 Å². The maximum atomic E-state index is 9.60. The van der Waals surface area contributed by atoms with Gasteiger partial charge in [0.1, 0.15) is 0 Å². The fourth-order valence-corrected chi connectivity index (χ4v) is 3.87. The van der Waals surface area contributed by atoms with Crippen LogP contribution in [0.5, 0.6) is 0 Å². The Morgan fingerprint density at radius 1 is 1.00 bits per heavy atom. The van der Waals surface area contributed by atoms with E-state index in [4.69, 9.17) is 0 Å². The molecule has 0 saturated heterocycles. The second kappa shape index (κ2) is 1.58. The van der Waals surface area contributed by atoms with Gasteiger partial charge in [0.2, 0.25) is 0 Å². The quantitative estimate of drug-likeness (QED) is 0.536. The average molecular weight is 138 g/mol. The molecule has 1 N–H and O–H groups in total. The molecule has 3 saturated carbocycles. The van der Waals surface area contributed by atoms with E-state index in [0.29, 0.717) is 0 Å². The summed E-state index contributed by atoms with van der Waals surface area (Å²) in [4.78, 5) is 0. The van der Waals surface area contributed by atoms with E-state index in [1.54, 1.807) is 0 Å². The molecule has 5 atom stereocenters. The number of hydrogen-bond donors (Lipinski definition) is 1. The molecular formula is C9H14O. The Bertz CT molecular complexity index is 164. The van der Waals surface area contributed by atoms with Crippen molar-refractivity contribution in [2.45, 2.75) is 31.8 Å². The monoisotopic (exact) mass is 138 g/mol. The van der Waals surface area contributed by atoms with Gasteiger partial charge < -0.3 is 5.11 Å². The molecule has 3 rings (SSSR count). The first-order valence-electron chi connectivity index (χ1n) is 4.54. The highest BCUT2D eigenvalue weighted by atomic mass is 16.3. The Morgan fingerprint density at radius 2 is 1.90 bits per heavy atom. The van der Waals surface area contributed by atoms with E-state index in [0.717, 1.165) is 30.1 Å². The van der Waals surface area contributed by atoms with Crippen molar-refractivity contribution < 1.29 is 5.11 Å². The van der Waals surface area contributed by atoms with Gasteiger partial charge in [-0.1, -0.05) is 0 Å². The Kier molecular flexibility index (Phi) is 0.883. The van der Waals surface area contributed by atoms with Gasteiger partial charge in [-0.05, 0) is 49.4 Å². The first kappa shape index (κ1) is 5.59. The van der Waals surface area contributed by atoms with Crippen LogP contribution in [0.15, 0.2) is 0 Å². The van der Waals surface area contributed by atoms with Gasteiger partial charge in [-0.25, -0.2) is 0 Å². The van der Waals surface area contributed by atoms with Crippen LogP contribution < -0.4 is 0 Å². The maximum Gasteiger partial charge on any atom is 0.0576 e. The summed E-state index contributed by atoms with van der Waals surface area (Å²) in [5.41, 5.74) is 0. The topological polar surface area (TPSA) is 20.2 Å². The molecule has 3 aliphatic carbocycles. The van der Waals surface area contributed by atoms with Gasteiger partial charge in [0, 0.05) is 0 Å². The zero-order chi connectivity index (χ0) is 6.72. The minimum atomic E-state index is 0.0937. The number of aliphatic hydroxyl groups is 1. The Hall–Kier alpha value is -0.0400. The van der Waals surface area contributed by atoms with Crippen LogP contribution in [-0.4, -0.2) is 11.2 Å². The molecule has 0 amide bonds. The molecule has 0 aromatic heterocycles. The van der Waals surface area contributed by atoms with Gasteiger partial charge in [-0.2, -0.15) is 0 Å².